The lowest BCUT2D eigenvalue weighted by Crippen LogP contribution is -2.37. The average Bonchev–Trinajstić information content (AvgIpc) is 3.31. The SMILES string of the molecule is c1cc(Nc2ccc(CNCCCN3CCOCC3)cn2)nc(-c2nccs2)c1. The zero-order valence-electron chi connectivity index (χ0n) is 16.4. The molecule has 3 aromatic heterocycles. The highest BCUT2D eigenvalue weighted by atomic mass is 32.1. The van der Waals surface area contributed by atoms with Crippen molar-refractivity contribution in [3.05, 3.63) is 53.7 Å². The Morgan fingerprint density at radius 3 is 2.79 bits per heavy atom. The van der Waals surface area contributed by atoms with Gasteiger partial charge in [-0.25, -0.2) is 15.0 Å². The smallest absolute Gasteiger partial charge is 0.141 e. The van der Waals surface area contributed by atoms with Crippen molar-refractivity contribution in [2.75, 3.05) is 44.7 Å². The van der Waals surface area contributed by atoms with Crippen LogP contribution in [0.1, 0.15) is 12.0 Å². The summed E-state index contributed by atoms with van der Waals surface area (Å²) in [7, 11) is 0. The molecule has 1 fully saturated rings. The number of anilines is 2. The molecule has 0 atom stereocenters. The van der Waals surface area contributed by atoms with Crippen molar-refractivity contribution in [2.45, 2.75) is 13.0 Å². The molecule has 0 bridgehead atoms. The highest BCUT2D eigenvalue weighted by Gasteiger charge is 2.09. The number of nitrogens with zero attached hydrogens (tertiary/aromatic N) is 4. The van der Waals surface area contributed by atoms with E-state index in [1.165, 1.54) is 5.56 Å². The van der Waals surface area contributed by atoms with Crippen LogP contribution in [0.2, 0.25) is 0 Å². The van der Waals surface area contributed by atoms with Gasteiger partial charge in [0, 0.05) is 37.4 Å². The third-order valence-corrected chi connectivity index (χ3v) is 5.54. The monoisotopic (exact) mass is 410 g/mol. The maximum atomic E-state index is 5.38. The Labute approximate surface area is 175 Å². The fraction of sp³-hybridized carbons (Fsp3) is 0.381. The van der Waals surface area contributed by atoms with Gasteiger partial charge in [0.25, 0.3) is 0 Å². The molecule has 2 N–H and O–H groups in total. The van der Waals surface area contributed by atoms with Gasteiger partial charge in [-0.05, 0) is 43.3 Å². The first-order chi connectivity index (χ1) is 14.4. The average molecular weight is 411 g/mol. The number of thiazole rings is 1. The van der Waals surface area contributed by atoms with Crippen molar-refractivity contribution in [2.24, 2.45) is 0 Å². The second-order valence-corrected chi connectivity index (χ2v) is 7.80. The molecule has 1 saturated heterocycles. The molecule has 1 aliphatic heterocycles. The lowest BCUT2D eigenvalue weighted by atomic mass is 10.2. The molecule has 0 spiro atoms. The molecular weight excluding hydrogens is 384 g/mol. The van der Waals surface area contributed by atoms with Crippen LogP contribution in [0.5, 0.6) is 0 Å². The van der Waals surface area contributed by atoms with E-state index in [-0.39, 0.29) is 0 Å². The topological polar surface area (TPSA) is 75.2 Å². The van der Waals surface area contributed by atoms with E-state index in [1.807, 2.05) is 35.8 Å². The van der Waals surface area contributed by atoms with Crippen LogP contribution >= 0.6 is 11.3 Å². The maximum absolute atomic E-state index is 5.38. The number of hydrogen-bond acceptors (Lipinski definition) is 8. The highest BCUT2D eigenvalue weighted by molar-refractivity contribution is 7.13. The van der Waals surface area contributed by atoms with E-state index >= 15 is 0 Å². The summed E-state index contributed by atoms with van der Waals surface area (Å²) in [5.41, 5.74) is 2.04. The second kappa shape index (κ2) is 10.4. The van der Waals surface area contributed by atoms with Gasteiger partial charge < -0.3 is 15.4 Å². The summed E-state index contributed by atoms with van der Waals surface area (Å²) in [5, 5.41) is 9.63. The first-order valence-electron chi connectivity index (χ1n) is 9.96. The third kappa shape index (κ3) is 6.04. The van der Waals surface area contributed by atoms with E-state index in [9.17, 15) is 0 Å². The Hall–Kier alpha value is -2.39. The normalized spacial score (nSPS) is 14.8. The van der Waals surface area contributed by atoms with Gasteiger partial charge in [0.1, 0.15) is 22.3 Å². The third-order valence-electron chi connectivity index (χ3n) is 4.74. The van der Waals surface area contributed by atoms with Gasteiger partial charge in [-0.15, -0.1) is 11.3 Å². The minimum Gasteiger partial charge on any atom is -0.379 e. The van der Waals surface area contributed by atoms with Crippen LogP contribution in [-0.2, 0) is 11.3 Å². The molecule has 0 unspecified atom stereocenters. The Morgan fingerprint density at radius 2 is 2.00 bits per heavy atom. The largest absolute Gasteiger partial charge is 0.379 e. The zero-order chi connectivity index (χ0) is 19.7. The Kier molecular flexibility index (Phi) is 7.14. The first-order valence-corrected chi connectivity index (χ1v) is 10.8. The number of rotatable bonds is 9. The summed E-state index contributed by atoms with van der Waals surface area (Å²) in [6.45, 7) is 6.80. The lowest BCUT2D eigenvalue weighted by Gasteiger charge is -2.26. The molecular formula is C21H26N6OS. The quantitative estimate of drug-likeness (QED) is 0.525. The summed E-state index contributed by atoms with van der Waals surface area (Å²) in [6, 6.07) is 9.95. The predicted octanol–water partition coefficient (Wildman–Crippen LogP) is 3.16. The molecule has 152 valence electrons. The number of hydrogen-bond donors (Lipinski definition) is 2. The number of aromatic nitrogens is 3. The summed E-state index contributed by atoms with van der Waals surface area (Å²) in [6.07, 6.45) is 4.84. The fourth-order valence-corrected chi connectivity index (χ4v) is 3.80. The van der Waals surface area contributed by atoms with Crippen molar-refractivity contribution in [3.8, 4) is 10.7 Å². The summed E-state index contributed by atoms with van der Waals surface area (Å²) in [4.78, 5) is 15.9. The molecule has 0 amide bonds. The Balaban J connectivity index is 1.21. The van der Waals surface area contributed by atoms with Gasteiger partial charge in [-0.1, -0.05) is 12.1 Å². The number of pyridine rings is 2. The van der Waals surface area contributed by atoms with Gasteiger partial charge in [0.15, 0.2) is 0 Å². The van der Waals surface area contributed by atoms with Crippen molar-refractivity contribution in [3.63, 3.8) is 0 Å². The second-order valence-electron chi connectivity index (χ2n) is 6.91. The lowest BCUT2D eigenvalue weighted by molar-refractivity contribution is 0.0374. The van der Waals surface area contributed by atoms with Crippen molar-refractivity contribution >= 4 is 23.0 Å². The van der Waals surface area contributed by atoms with Gasteiger partial charge in [-0.2, -0.15) is 0 Å². The Morgan fingerprint density at radius 1 is 1.07 bits per heavy atom. The molecule has 0 radical (unpaired) electrons. The van der Waals surface area contributed by atoms with Crippen LogP contribution in [0.3, 0.4) is 0 Å². The molecule has 4 rings (SSSR count). The van der Waals surface area contributed by atoms with Crippen LogP contribution in [0.15, 0.2) is 48.1 Å². The molecule has 0 aliphatic carbocycles. The molecule has 8 heteroatoms. The molecule has 7 nitrogen and oxygen atoms in total. The van der Waals surface area contributed by atoms with Crippen molar-refractivity contribution in [1.82, 2.24) is 25.2 Å². The van der Waals surface area contributed by atoms with Crippen LogP contribution < -0.4 is 10.6 Å². The molecule has 3 aromatic rings. The van der Waals surface area contributed by atoms with E-state index in [0.717, 1.165) is 74.7 Å². The molecule has 4 heterocycles. The summed E-state index contributed by atoms with van der Waals surface area (Å²) < 4.78 is 5.38. The number of ether oxygens (including phenoxy) is 1. The molecule has 29 heavy (non-hydrogen) atoms. The van der Waals surface area contributed by atoms with Crippen LogP contribution in [-0.4, -0.2) is 59.2 Å². The summed E-state index contributed by atoms with van der Waals surface area (Å²) in [5.74, 6) is 1.55. The van der Waals surface area contributed by atoms with Crippen molar-refractivity contribution < 1.29 is 4.74 Å². The summed E-state index contributed by atoms with van der Waals surface area (Å²) >= 11 is 1.58. The zero-order valence-corrected chi connectivity index (χ0v) is 17.2. The number of nitrogens with one attached hydrogen (secondary N) is 2. The van der Waals surface area contributed by atoms with Crippen molar-refractivity contribution in [1.29, 1.82) is 0 Å². The molecule has 0 aromatic carbocycles. The van der Waals surface area contributed by atoms with Gasteiger partial charge in [0.05, 0.1) is 13.2 Å². The van der Waals surface area contributed by atoms with Gasteiger partial charge in [-0.3, -0.25) is 4.90 Å². The fourth-order valence-electron chi connectivity index (χ4n) is 3.19. The highest BCUT2D eigenvalue weighted by Crippen LogP contribution is 2.22. The standard InChI is InChI=1S/C21H26N6OS/c1-3-18(21-23-8-14-29-21)25-20(4-1)26-19-6-5-17(16-24-19)15-22-7-2-9-27-10-12-28-13-11-27/h1,3-6,8,14,16,22H,2,7,9-13,15H2,(H,24,25,26). The first kappa shape index (κ1) is 19.9. The van der Waals surface area contributed by atoms with Crippen LogP contribution in [0.25, 0.3) is 10.7 Å². The molecule has 1 aliphatic rings. The van der Waals surface area contributed by atoms with Gasteiger partial charge in [0.2, 0.25) is 0 Å². The van der Waals surface area contributed by atoms with Crippen LogP contribution in [0.4, 0.5) is 11.6 Å². The van der Waals surface area contributed by atoms with E-state index in [1.54, 1.807) is 17.5 Å². The Bertz CT molecular complexity index is 865. The van der Waals surface area contributed by atoms with E-state index in [4.69, 9.17) is 4.74 Å². The molecule has 0 saturated carbocycles. The predicted molar refractivity (Wildman–Crippen MR) is 116 cm³/mol. The number of morpholine rings is 1. The van der Waals surface area contributed by atoms with E-state index in [0.29, 0.717) is 0 Å². The maximum Gasteiger partial charge on any atom is 0.141 e. The van der Waals surface area contributed by atoms with E-state index in [2.05, 4.69) is 36.6 Å². The van der Waals surface area contributed by atoms with E-state index < -0.39 is 0 Å². The van der Waals surface area contributed by atoms with Gasteiger partial charge >= 0.3 is 0 Å². The minimum absolute atomic E-state index is 0.763. The minimum atomic E-state index is 0.763. The van der Waals surface area contributed by atoms with Crippen LogP contribution in [0, 0.1) is 0 Å².